The average Bonchev–Trinajstić information content (AvgIpc) is 2.74. The smallest absolute Gasteiger partial charge is 0.123 e. The Morgan fingerprint density at radius 3 is 2.50 bits per heavy atom. The largest absolute Gasteiger partial charge is 0.491 e. The minimum Gasteiger partial charge on any atom is -0.491 e. The Hall–Kier alpha value is -1.99. The number of benzene rings is 2. The van der Waals surface area contributed by atoms with E-state index in [-0.39, 0.29) is 12.4 Å². The molecule has 3 rings (SSSR count). The third kappa shape index (κ3) is 7.20. The van der Waals surface area contributed by atoms with Crippen LogP contribution in [0.1, 0.15) is 5.56 Å². The molecular formula is C22H29FN2O3. The maximum atomic E-state index is 13.2. The lowest BCUT2D eigenvalue weighted by Gasteiger charge is -2.31. The molecule has 1 fully saturated rings. The number of rotatable bonds is 10. The highest BCUT2D eigenvalue weighted by Crippen LogP contribution is 2.11. The number of morpholine rings is 1. The zero-order chi connectivity index (χ0) is 19.6. The molecule has 0 saturated carbocycles. The van der Waals surface area contributed by atoms with Crippen LogP contribution in [-0.4, -0.2) is 73.6 Å². The van der Waals surface area contributed by atoms with Crippen molar-refractivity contribution in [3.63, 3.8) is 0 Å². The van der Waals surface area contributed by atoms with Gasteiger partial charge in [-0.05, 0) is 29.8 Å². The van der Waals surface area contributed by atoms with Gasteiger partial charge >= 0.3 is 0 Å². The third-order valence-electron chi connectivity index (χ3n) is 4.81. The molecule has 0 bridgehead atoms. The molecule has 5 nitrogen and oxygen atoms in total. The van der Waals surface area contributed by atoms with Crippen LogP contribution in [0.4, 0.5) is 4.39 Å². The lowest BCUT2D eigenvalue weighted by atomic mass is 10.2. The summed E-state index contributed by atoms with van der Waals surface area (Å²) in [5, 5.41) is 10.5. The van der Waals surface area contributed by atoms with E-state index in [1.54, 1.807) is 12.1 Å². The first-order chi connectivity index (χ1) is 13.7. The summed E-state index contributed by atoms with van der Waals surface area (Å²) >= 11 is 0. The molecule has 0 amide bonds. The van der Waals surface area contributed by atoms with Gasteiger partial charge in [-0.15, -0.1) is 0 Å². The van der Waals surface area contributed by atoms with Crippen molar-refractivity contribution in [3.8, 4) is 5.75 Å². The molecule has 152 valence electrons. The summed E-state index contributed by atoms with van der Waals surface area (Å²) in [5.74, 6) is 0.514. The van der Waals surface area contributed by atoms with Gasteiger partial charge in [-0.25, -0.2) is 4.39 Å². The summed E-state index contributed by atoms with van der Waals surface area (Å²) in [4.78, 5) is 4.57. The molecule has 1 aliphatic heterocycles. The number of aliphatic hydroxyl groups is 1. The monoisotopic (exact) mass is 388 g/mol. The van der Waals surface area contributed by atoms with E-state index in [1.165, 1.54) is 12.1 Å². The highest BCUT2D eigenvalue weighted by atomic mass is 19.1. The fourth-order valence-corrected chi connectivity index (χ4v) is 3.25. The van der Waals surface area contributed by atoms with E-state index in [0.717, 1.165) is 50.7 Å². The van der Waals surface area contributed by atoms with E-state index in [4.69, 9.17) is 9.47 Å². The highest BCUT2D eigenvalue weighted by Gasteiger charge is 2.16. The van der Waals surface area contributed by atoms with E-state index < -0.39 is 6.10 Å². The fraction of sp³-hybridized carbons (Fsp3) is 0.455. The molecule has 0 aromatic heterocycles. The number of para-hydroxylation sites is 1. The van der Waals surface area contributed by atoms with Gasteiger partial charge in [0.05, 0.1) is 13.2 Å². The van der Waals surface area contributed by atoms with Crippen LogP contribution in [0.5, 0.6) is 5.75 Å². The molecular weight excluding hydrogens is 359 g/mol. The first kappa shape index (κ1) is 20.7. The van der Waals surface area contributed by atoms with E-state index in [2.05, 4.69) is 9.80 Å². The molecule has 2 aromatic carbocycles. The van der Waals surface area contributed by atoms with Crippen LogP contribution in [0.3, 0.4) is 0 Å². The van der Waals surface area contributed by atoms with Gasteiger partial charge in [-0.3, -0.25) is 9.80 Å². The van der Waals surface area contributed by atoms with Gasteiger partial charge in [-0.1, -0.05) is 30.3 Å². The van der Waals surface area contributed by atoms with Crippen molar-refractivity contribution in [2.75, 3.05) is 52.5 Å². The van der Waals surface area contributed by atoms with Gasteiger partial charge in [0.15, 0.2) is 0 Å². The fourth-order valence-electron chi connectivity index (χ4n) is 3.25. The van der Waals surface area contributed by atoms with E-state index >= 15 is 0 Å². The van der Waals surface area contributed by atoms with Gasteiger partial charge in [0.25, 0.3) is 0 Å². The molecule has 1 aliphatic rings. The first-order valence-corrected chi connectivity index (χ1v) is 9.82. The summed E-state index contributed by atoms with van der Waals surface area (Å²) in [6, 6.07) is 16.0. The van der Waals surface area contributed by atoms with E-state index in [1.807, 2.05) is 30.3 Å². The van der Waals surface area contributed by atoms with E-state index in [9.17, 15) is 9.50 Å². The maximum absolute atomic E-state index is 13.2. The highest BCUT2D eigenvalue weighted by molar-refractivity contribution is 5.21. The normalized spacial score (nSPS) is 16.2. The molecule has 0 radical (unpaired) electrons. The van der Waals surface area contributed by atoms with Crippen molar-refractivity contribution in [1.82, 2.24) is 9.80 Å². The van der Waals surface area contributed by atoms with Crippen LogP contribution in [-0.2, 0) is 11.3 Å². The van der Waals surface area contributed by atoms with Gasteiger partial charge in [-0.2, -0.15) is 0 Å². The number of nitrogens with zero attached hydrogens (tertiary/aromatic N) is 2. The predicted molar refractivity (Wildman–Crippen MR) is 107 cm³/mol. The lowest BCUT2D eigenvalue weighted by Crippen LogP contribution is -2.43. The molecule has 1 saturated heterocycles. The molecule has 0 unspecified atom stereocenters. The predicted octanol–water partition coefficient (Wildman–Crippen LogP) is 2.40. The summed E-state index contributed by atoms with van der Waals surface area (Å²) in [6.45, 7) is 6.53. The Bertz CT molecular complexity index is 678. The first-order valence-electron chi connectivity index (χ1n) is 9.82. The van der Waals surface area contributed by atoms with Gasteiger partial charge in [0.1, 0.15) is 24.3 Å². The molecule has 1 heterocycles. The average molecular weight is 388 g/mol. The van der Waals surface area contributed by atoms with Gasteiger partial charge in [0.2, 0.25) is 0 Å². The van der Waals surface area contributed by atoms with Crippen LogP contribution < -0.4 is 4.74 Å². The SMILES string of the molecule is O[C@@H](COc1ccccc1)CN(CCN1CCOCC1)Cc1ccc(F)cc1. The van der Waals surface area contributed by atoms with Gasteiger partial charge < -0.3 is 14.6 Å². The van der Waals surface area contributed by atoms with Crippen LogP contribution in [0, 0.1) is 5.82 Å². The number of halogens is 1. The Morgan fingerprint density at radius 1 is 1.07 bits per heavy atom. The van der Waals surface area contributed by atoms with Crippen LogP contribution in [0.2, 0.25) is 0 Å². The second kappa shape index (κ2) is 11.1. The van der Waals surface area contributed by atoms with Crippen molar-refractivity contribution in [2.45, 2.75) is 12.6 Å². The standard InChI is InChI=1S/C22H29FN2O3/c23-20-8-6-19(7-9-20)16-25(11-10-24-12-14-27-15-13-24)17-21(26)18-28-22-4-2-1-3-5-22/h1-9,21,26H,10-18H2/t21-/m1/s1. The van der Waals surface area contributed by atoms with Crippen molar-refractivity contribution < 1.29 is 19.0 Å². The van der Waals surface area contributed by atoms with E-state index in [0.29, 0.717) is 13.1 Å². The summed E-state index contributed by atoms with van der Waals surface area (Å²) in [7, 11) is 0. The number of hydrogen-bond acceptors (Lipinski definition) is 5. The number of aliphatic hydroxyl groups excluding tert-OH is 1. The van der Waals surface area contributed by atoms with Crippen molar-refractivity contribution in [2.24, 2.45) is 0 Å². The minimum absolute atomic E-state index is 0.236. The maximum Gasteiger partial charge on any atom is 0.123 e. The third-order valence-corrected chi connectivity index (χ3v) is 4.81. The molecule has 1 atom stereocenters. The van der Waals surface area contributed by atoms with Crippen LogP contribution in [0.25, 0.3) is 0 Å². The Labute approximate surface area is 166 Å². The zero-order valence-corrected chi connectivity index (χ0v) is 16.2. The lowest BCUT2D eigenvalue weighted by molar-refractivity contribution is 0.0256. The summed E-state index contributed by atoms with van der Waals surface area (Å²) in [6.07, 6.45) is -0.606. The van der Waals surface area contributed by atoms with Crippen LogP contribution in [0.15, 0.2) is 54.6 Å². The summed E-state index contributed by atoms with van der Waals surface area (Å²) < 4.78 is 24.3. The second-order valence-electron chi connectivity index (χ2n) is 7.09. The minimum atomic E-state index is -0.606. The molecule has 0 aliphatic carbocycles. The second-order valence-corrected chi connectivity index (χ2v) is 7.09. The molecule has 6 heteroatoms. The van der Waals surface area contributed by atoms with Gasteiger partial charge in [0, 0.05) is 39.3 Å². The zero-order valence-electron chi connectivity index (χ0n) is 16.2. The number of hydrogen-bond donors (Lipinski definition) is 1. The summed E-state index contributed by atoms with van der Waals surface area (Å²) in [5.41, 5.74) is 1.03. The quantitative estimate of drug-likeness (QED) is 0.677. The Balaban J connectivity index is 1.53. The Morgan fingerprint density at radius 2 is 1.79 bits per heavy atom. The topological polar surface area (TPSA) is 45.2 Å². The molecule has 2 aromatic rings. The molecule has 28 heavy (non-hydrogen) atoms. The molecule has 1 N–H and O–H groups in total. The van der Waals surface area contributed by atoms with Crippen LogP contribution >= 0.6 is 0 Å². The number of ether oxygens (including phenoxy) is 2. The Kier molecular flexibility index (Phi) is 8.23. The van der Waals surface area contributed by atoms with Crippen molar-refractivity contribution >= 4 is 0 Å². The van der Waals surface area contributed by atoms with Crippen molar-refractivity contribution in [3.05, 3.63) is 66.0 Å². The van der Waals surface area contributed by atoms with Crippen molar-refractivity contribution in [1.29, 1.82) is 0 Å². The molecule has 0 spiro atoms.